The summed E-state index contributed by atoms with van der Waals surface area (Å²) in [6.45, 7) is 1.69. The van der Waals surface area contributed by atoms with Gasteiger partial charge in [-0.15, -0.1) is 0 Å². The Morgan fingerprint density at radius 1 is 1.17 bits per heavy atom. The lowest BCUT2D eigenvalue weighted by Gasteiger charge is -2.06. The molecule has 0 fully saturated rings. The number of nitrogens with zero attached hydrogens (tertiary/aromatic N) is 3. The molecule has 0 saturated heterocycles. The summed E-state index contributed by atoms with van der Waals surface area (Å²) in [6.07, 6.45) is 1.36. The quantitative estimate of drug-likeness (QED) is 0.763. The van der Waals surface area contributed by atoms with Crippen molar-refractivity contribution < 1.29 is 18.1 Å². The van der Waals surface area contributed by atoms with Crippen LogP contribution < -0.4 is 10.6 Å². The first-order valence-corrected chi connectivity index (χ1v) is 6.81. The molecule has 2 heterocycles. The van der Waals surface area contributed by atoms with Crippen LogP contribution >= 0.6 is 0 Å². The fraction of sp³-hybridized carbons (Fsp3) is 0.0667. The van der Waals surface area contributed by atoms with Crippen molar-refractivity contribution in [2.45, 2.75) is 6.92 Å². The molecule has 0 atom stereocenters. The van der Waals surface area contributed by atoms with Gasteiger partial charge in [-0.2, -0.15) is 0 Å². The van der Waals surface area contributed by atoms with Crippen molar-refractivity contribution in [1.82, 2.24) is 15.1 Å². The van der Waals surface area contributed by atoms with E-state index in [2.05, 4.69) is 25.8 Å². The largest absolute Gasteiger partial charge is 0.360 e. The second-order valence-corrected chi connectivity index (χ2v) is 4.80. The van der Waals surface area contributed by atoms with Crippen LogP contribution in [0.4, 0.5) is 26.2 Å². The first-order valence-electron chi connectivity index (χ1n) is 6.81. The van der Waals surface area contributed by atoms with E-state index >= 15 is 0 Å². The minimum Gasteiger partial charge on any atom is -0.360 e. The summed E-state index contributed by atoms with van der Waals surface area (Å²) in [5.74, 6) is -1.61. The van der Waals surface area contributed by atoms with E-state index in [1.807, 2.05) is 0 Å². The highest BCUT2D eigenvalue weighted by Gasteiger charge is 2.12. The number of nitrogens with one attached hydrogen (secondary N) is 2. The van der Waals surface area contributed by atoms with Crippen molar-refractivity contribution in [1.29, 1.82) is 0 Å². The fourth-order valence-electron chi connectivity index (χ4n) is 1.85. The molecular formula is C15H11F2N5O2. The number of carbonyl (C=O) groups is 1. The van der Waals surface area contributed by atoms with Crippen molar-refractivity contribution in [3.8, 4) is 0 Å². The number of aromatic nitrogens is 3. The molecule has 0 spiro atoms. The summed E-state index contributed by atoms with van der Waals surface area (Å²) in [7, 11) is 0. The molecule has 1 amide bonds. The minimum absolute atomic E-state index is 0.0602. The number of rotatable bonds is 4. The van der Waals surface area contributed by atoms with E-state index in [0.717, 1.165) is 12.1 Å². The van der Waals surface area contributed by atoms with Gasteiger partial charge in [0.2, 0.25) is 5.95 Å². The molecule has 0 radical (unpaired) electrons. The van der Waals surface area contributed by atoms with Gasteiger partial charge in [0.1, 0.15) is 11.5 Å². The van der Waals surface area contributed by atoms with Gasteiger partial charge in [-0.25, -0.2) is 18.7 Å². The maximum absolute atomic E-state index is 13.2. The van der Waals surface area contributed by atoms with Gasteiger partial charge in [-0.1, -0.05) is 5.16 Å². The number of amides is 1. The molecule has 0 aliphatic heterocycles. The van der Waals surface area contributed by atoms with Crippen LogP contribution in [0.15, 0.2) is 41.1 Å². The highest BCUT2D eigenvalue weighted by atomic mass is 19.2. The molecule has 3 aromatic rings. The smallest absolute Gasteiger partial charge is 0.275 e. The van der Waals surface area contributed by atoms with Crippen molar-refractivity contribution in [3.63, 3.8) is 0 Å². The van der Waals surface area contributed by atoms with Crippen LogP contribution in [0.5, 0.6) is 0 Å². The average Bonchev–Trinajstić information content (AvgIpc) is 2.96. The van der Waals surface area contributed by atoms with Gasteiger partial charge in [0.25, 0.3) is 5.91 Å². The number of halogens is 2. The van der Waals surface area contributed by atoms with Crippen molar-refractivity contribution in [3.05, 3.63) is 59.6 Å². The molecule has 0 bridgehead atoms. The van der Waals surface area contributed by atoms with Crippen LogP contribution in [0, 0.1) is 18.6 Å². The van der Waals surface area contributed by atoms with Crippen LogP contribution in [-0.2, 0) is 0 Å². The number of anilines is 3. The maximum Gasteiger partial charge on any atom is 0.275 e. The van der Waals surface area contributed by atoms with Crippen molar-refractivity contribution >= 4 is 23.4 Å². The first kappa shape index (κ1) is 15.5. The Morgan fingerprint density at radius 2 is 2.00 bits per heavy atom. The van der Waals surface area contributed by atoms with E-state index in [4.69, 9.17) is 4.52 Å². The van der Waals surface area contributed by atoms with Crippen molar-refractivity contribution in [2.24, 2.45) is 0 Å². The predicted octanol–water partition coefficient (Wildman–Crippen LogP) is 3.05. The molecule has 0 saturated carbocycles. The predicted molar refractivity (Wildman–Crippen MR) is 80.9 cm³/mol. The summed E-state index contributed by atoms with van der Waals surface area (Å²) in [5, 5.41) is 8.85. The van der Waals surface area contributed by atoms with Crippen LogP contribution in [0.1, 0.15) is 16.2 Å². The zero-order valence-electron chi connectivity index (χ0n) is 12.4. The van der Waals surface area contributed by atoms with Crippen LogP contribution in [-0.4, -0.2) is 21.0 Å². The molecule has 0 aliphatic rings. The third kappa shape index (κ3) is 3.51. The van der Waals surface area contributed by atoms with Crippen LogP contribution in [0.3, 0.4) is 0 Å². The Bertz CT molecular complexity index is 897. The van der Waals surface area contributed by atoms with Crippen molar-refractivity contribution in [2.75, 3.05) is 10.6 Å². The normalized spacial score (nSPS) is 10.5. The van der Waals surface area contributed by atoms with Gasteiger partial charge < -0.3 is 15.2 Å². The standard InChI is InChI=1S/C15H11F2N5O2/c1-8-6-13(22-24-8)21-14(23)12-4-5-18-15(20-12)19-9-2-3-10(16)11(17)7-9/h2-7H,1H3,(H,18,19,20)(H,21,22,23). The minimum atomic E-state index is -1.00. The summed E-state index contributed by atoms with van der Waals surface area (Å²) in [5.41, 5.74) is 0.314. The molecule has 1 aromatic carbocycles. The Morgan fingerprint density at radius 3 is 2.71 bits per heavy atom. The topological polar surface area (TPSA) is 92.9 Å². The summed E-state index contributed by atoms with van der Waals surface area (Å²) >= 11 is 0. The van der Waals surface area contributed by atoms with Gasteiger partial charge in [0.15, 0.2) is 17.5 Å². The highest BCUT2D eigenvalue weighted by molar-refractivity contribution is 6.02. The molecule has 0 aliphatic carbocycles. The fourth-order valence-corrected chi connectivity index (χ4v) is 1.85. The number of hydrogen-bond donors (Lipinski definition) is 2. The zero-order valence-corrected chi connectivity index (χ0v) is 12.4. The molecular weight excluding hydrogens is 320 g/mol. The van der Waals surface area contributed by atoms with Gasteiger partial charge in [0, 0.05) is 24.0 Å². The number of hydrogen-bond acceptors (Lipinski definition) is 6. The molecule has 2 aromatic heterocycles. The Balaban J connectivity index is 1.75. The van der Waals surface area contributed by atoms with Gasteiger partial charge in [-0.05, 0) is 25.1 Å². The number of benzene rings is 1. The Hall–Kier alpha value is -3.36. The average molecular weight is 331 g/mol. The molecule has 24 heavy (non-hydrogen) atoms. The lowest BCUT2D eigenvalue weighted by Crippen LogP contribution is -2.15. The lowest BCUT2D eigenvalue weighted by atomic mass is 10.3. The van der Waals surface area contributed by atoms with E-state index in [1.54, 1.807) is 13.0 Å². The lowest BCUT2D eigenvalue weighted by molar-refractivity contribution is 0.102. The molecule has 7 nitrogen and oxygen atoms in total. The summed E-state index contributed by atoms with van der Waals surface area (Å²) in [6, 6.07) is 6.22. The first-order chi connectivity index (χ1) is 11.5. The number of carbonyl (C=O) groups excluding carboxylic acids is 1. The second-order valence-electron chi connectivity index (χ2n) is 4.80. The van der Waals surface area contributed by atoms with Gasteiger partial charge >= 0.3 is 0 Å². The van der Waals surface area contributed by atoms with Gasteiger partial charge in [0.05, 0.1) is 0 Å². The molecule has 122 valence electrons. The third-order valence-corrected chi connectivity index (χ3v) is 2.93. The molecule has 9 heteroatoms. The monoisotopic (exact) mass is 331 g/mol. The molecule has 2 N–H and O–H groups in total. The van der Waals surface area contributed by atoms with E-state index in [9.17, 15) is 13.6 Å². The molecule has 0 unspecified atom stereocenters. The van der Waals surface area contributed by atoms with E-state index in [-0.39, 0.29) is 23.1 Å². The third-order valence-electron chi connectivity index (χ3n) is 2.93. The van der Waals surface area contributed by atoms with Crippen LogP contribution in [0.2, 0.25) is 0 Å². The van der Waals surface area contributed by atoms with E-state index in [1.165, 1.54) is 18.3 Å². The Labute approximate surface area is 134 Å². The zero-order chi connectivity index (χ0) is 17.1. The summed E-state index contributed by atoms with van der Waals surface area (Å²) < 4.78 is 31.0. The summed E-state index contributed by atoms with van der Waals surface area (Å²) in [4.78, 5) is 20.0. The second kappa shape index (κ2) is 6.41. The SMILES string of the molecule is Cc1cc(NC(=O)c2ccnc(Nc3ccc(F)c(F)c3)n2)no1. The van der Waals surface area contributed by atoms with Gasteiger partial charge in [-0.3, -0.25) is 4.79 Å². The maximum atomic E-state index is 13.2. The molecule has 3 rings (SSSR count). The highest BCUT2D eigenvalue weighted by Crippen LogP contribution is 2.17. The Kier molecular flexibility index (Phi) is 4.15. The van der Waals surface area contributed by atoms with E-state index in [0.29, 0.717) is 5.76 Å². The van der Waals surface area contributed by atoms with Crippen LogP contribution in [0.25, 0.3) is 0 Å². The number of aryl methyl sites for hydroxylation is 1. The van der Waals surface area contributed by atoms with E-state index < -0.39 is 17.5 Å².